The number of rotatable bonds is 4. The number of aryl methyl sites for hydroxylation is 1. The summed E-state index contributed by atoms with van der Waals surface area (Å²) in [5, 5.41) is 7.21. The third-order valence-corrected chi connectivity index (χ3v) is 3.96. The number of nitrogen functional groups attached to an aromatic ring is 1. The van der Waals surface area contributed by atoms with Crippen molar-refractivity contribution < 1.29 is 8.42 Å². The van der Waals surface area contributed by atoms with Crippen molar-refractivity contribution in [3.05, 3.63) is 36.0 Å². The van der Waals surface area contributed by atoms with Gasteiger partial charge in [-0.05, 0) is 24.3 Å². The lowest BCUT2D eigenvalue weighted by atomic mass is 10.3. The van der Waals surface area contributed by atoms with Crippen LogP contribution >= 0.6 is 0 Å². The van der Waals surface area contributed by atoms with Crippen molar-refractivity contribution in [2.24, 2.45) is 7.05 Å². The molecule has 0 aliphatic rings. The molecule has 0 fully saturated rings. The fraction of sp³-hybridized carbons (Fsp3) is 0.250. The predicted molar refractivity (Wildman–Crippen MR) is 74.5 cm³/mol. The maximum atomic E-state index is 11.3. The van der Waals surface area contributed by atoms with E-state index in [9.17, 15) is 8.42 Å². The molecule has 0 spiro atoms. The quantitative estimate of drug-likeness (QED) is 0.872. The van der Waals surface area contributed by atoms with Crippen LogP contribution in [0.5, 0.6) is 0 Å². The van der Waals surface area contributed by atoms with Crippen LogP contribution in [-0.4, -0.2) is 24.5 Å². The molecule has 0 unspecified atom stereocenters. The molecule has 3 N–H and O–H groups in total. The second-order valence-electron chi connectivity index (χ2n) is 4.33. The first kappa shape index (κ1) is 13.4. The molecule has 0 aliphatic heterocycles. The second kappa shape index (κ2) is 4.93. The topological polar surface area (TPSA) is 90.0 Å². The van der Waals surface area contributed by atoms with Crippen LogP contribution in [0.25, 0.3) is 0 Å². The molecule has 2 rings (SSSR count). The lowest BCUT2D eigenvalue weighted by Gasteiger charge is -2.06. The van der Waals surface area contributed by atoms with E-state index in [2.05, 4.69) is 10.4 Å². The summed E-state index contributed by atoms with van der Waals surface area (Å²) in [4.78, 5) is 0.305. The highest BCUT2D eigenvalue weighted by Crippen LogP contribution is 2.16. The zero-order valence-corrected chi connectivity index (χ0v) is 11.6. The summed E-state index contributed by atoms with van der Waals surface area (Å²) in [6.45, 7) is 0.540. The van der Waals surface area contributed by atoms with E-state index in [1.165, 1.54) is 6.26 Å². The minimum Gasteiger partial charge on any atom is -0.384 e. The summed E-state index contributed by atoms with van der Waals surface area (Å²) >= 11 is 0. The minimum absolute atomic E-state index is 0.305. The van der Waals surface area contributed by atoms with Gasteiger partial charge in [0.05, 0.1) is 11.1 Å². The summed E-state index contributed by atoms with van der Waals surface area (Å²) in [6, 6.07) is 6.60. The third kappa shape index (κ3) is 3.05. The Bertz CT molecular complexity index is 674. The van der Waals surface area contributed by atoms with Crippen LogP contribution < -0.4 is 11.1 Å². The summed E-state index contributed by atoms with van der Waals surface area (Å²) in [7, 11) is -1.37. The molecule has 0 amide bonds. The molecule has 1 heterocycles. The monoisotopic (exact) mass is 280 g/mol. The number of nitrogens with zero attached hydrogens (tertiary/aromatic N) is 2. The highest BCUT2D eigenvalue weighted by atomic mass is 32.2. The maximum absolute atomic E-state index is 11.3. The first-order valence-corrected chi connectivity index (χ1v) is 7.57. The molecule has 7 heteroatoms. The van der Waals surface area contributed by atoms with E-state index in [4.69, 9.17) is 5.73 Å². The van der Waals surface area contributed by atoms with Gasteiger partial charge in [-0.1, -0.05) is 0 Å². The van der Waals surface area contributed by atoms with E-state index >= 15 is 0 Å². The average molecular weight is 280 g/mol. The number of hydrogen-bond acceptors (Lipinski definition) is 5. The van der Waals surface area contributed by atoms with Crippen LogP contribution in [0.3, 0.4) is 0 Å². The minimum atomic E-state index is -3.15. The number of anilines is 2. The van der Waals surface area contributed by atoms with Crippen molar-refractivity contribution in [3.8, 4) is 0 Å². The summed E-state index contributed by atoms with van der Waals surface area (Å²) in [6.07, 6.45) is 2.89. The van der Waals surface area contributed by atoms with Gasteiger partial charge < -0.3 is 11.1 Å². The number of nitrogens with two attached hydrogens (primary N) is 1. The van der Waals surface area contributed by atoms with Gasteiger partial charge in [0.15, 0.2) is 9.84 Å². The normalized spacial score (nSPS) is 11.5. The van der Waals surface area contributed by atoms with Gasteiger partial charge in [-0.2, -0.15) is 5.10 Å². The highest BCUT2D eigenvalue weighted by molar-refractivity contribution is 7.90. The highest BCUT2D eigenvalue weighted by Gasteiger charge is 2.07. The van der Waals surface area contributed by atoms with Crippen molar-refractivity contribution >= 4 is 21.3 Å². The summed E-state index contributed by atoms with van der Waals surface area (Å²) in [5.41, 5.74) is 7.56. The van der Waals surface area contributed by atoms with E-state index in [-0.39, 0.29) is 0 Å². The molecule has 2 aromatic rings. The molecule has 0 saturated heterocycles. The van der Waals surface area contributed by atoms with Crippen LogP contribution in [0.1, 0.15) is 5.56 Å². The molecular weight excluding hydrogens is 264 g/mol. The fourth-order valence-electron chi connectivity index (χ4n) is 1.65. The Morgan fingerprint density at radius 3 is 2.42 bits per heavy atom. The number of hydrogen-bond donors (Lipinski definition) is 2. The van der Waals surface area contributed by atoms with Gasteiger partial charge in [-0.3, -0.25) is 4.68 Å². The Morgan fingerprint density at radius 1 is 1.32 bits per heavy atom. The molecular formula is C12H16N4O2S. The molecule has 0 atom stereocenters. The van der Waals surface area contributed by atoms with Crippen molar-refractivity contribution in [2.45, 2.75) is 11.4 Å². The lowest BCUT2D eigenvalue weighted by Crippen LogP contribution is -2.04. The van der Waals surface area contributed by atoms with E-state index < -0.39 is 9.84 Å². The van der Waals surface area contributed by atoms with Crippen LogP contribution in [-0.2, 0) is 23.4 Å². The molecule has 0 bridgehead atoms. The maximum Gasteiger partial charge on any atom is 0.175 e. The van der Waals surface area contributed by atoms with Gasteiger partial charge in [-0.25, -0.2) is 8.42 Å². The van der Waals surface area contributed by atoms with Crippen LogP contribution in [0.4, 0.5) is 11.5 Å². The van der Waals surface area contributed by atoms with Crippen molar-refractivity contribution in [1.29, 1.82) is 0 Å². The Balaban J connectivity index is 2.07. The zero-order valence-electron chi connectivity index (χ0n) is 10.8. The summed E-state index contributed by atoms with van der Waals surface area (Å²) < 4.78 is 24.2. The van der Waals surface area contributed by atoms with Gasteiger partial charge in [0.2, 0.25) is 0 Å². The second-order valence-corrected chi connectivity index (χ2v) is 6.34. The first-order chi connectivity index (χ1) is 8.88. The first-order valence-electron chi connectivity index (χ1n) is 5.68. The predicted octanol–water partition coefficient (Wildman–Crippen LogP) is 1.02. The Labute approximate surface area is 112 Å². The number of aromatic nitrogens is 2. The SMILES string of the molecule is Cn1ncc(CNc2ccc(S(C)(=O)=O)cc2)c1N. The molecule has 1 aromatic carbocycles. The van der Waals surface area contributed by atoms with E-state index in [0.29, 0.717) is 17.3 Å². The van der Waals surface area contributed by atoms with Gasteiger partial charge in [0, 0.05) is 31.1 Å². The third-order valence-electron chi connectivity index (χ3n) is 2.83. The largest absolute Gasteiger partial charge is 0.384 e. The Morgan fingerprint density at radius 2 is 1.95 bits per heavy atom. The van der Waals surface area contributed by atoms with Crippen molar-refractivity contribution in [1.82, 2.24) is 9.78 Å². The molecule has 0 aliphatic carbocycles. The Hall–Kier alpha value is -2.02. The van der Waals surface area contributed by atoms with Crippen molar-refractivity contribution in [3.63, 3.8) is 0 Å². The summed E-state index contributed by atoms with van der Waals surface area (Å²) in [5.74, 6) is 0.611. The van der Waals surface area contributed by atoms with E-state index in [1.54, 1.807) is 42.2 Å². The number of sulfone groups is 1. The van der Waals surface area contributed by atoms with Gasteiger partial charge in [0.1, 0.15) is 5.82 Å². The fourth-order valence-corrected chi connectivity index (χ4v) is 2.28. The average Bonchev–Trinajstić information content (AvgIpc) is 2.67. The van der Waals surface area contributed by atoms with Gasteiger partial charge in [0.25, 0.3) is 0 Å². The molecule has 19 heavy (non-hydrogen) atoms. The van der Waals surface area contributed by atoms with Crippen molar-refractivity contribution in [2.75, 3.05) is 17.3 Å². The standard InChI is InChI=1S/C12H16N4O2S/c1-16-12(13)9(8-15-16)7-14-10-3-5-11(6-4-10)19(2,17)18/h3-6,8,14H,7,13H2,1-2H3. The van der Waals surface area contributed by atoms with Gasteiger partial charge in [-0.15, -0.1) is 0 Å². The molecule has 0 radical (unpaired) electrons. The molecule has 6 nitrogen and oxygen atoms in total. The zero-order chi connectivity index (χ0) is 14.0. The smallest absolute Gasteiger partial charge is 0.175 e. The van der Waals surface area contributed by atoms with Crippen LogP contribution in [0, 0.1) is 0 Å². The van der Waals surface area contributed by atoms with Gasteiger partial charge >= 0.3 is 0 Å². The number of nitrogens with one attached hydrogen (secondary N) is 1. The molecule has 0 saturated carbocycles. The van der Waals surface area contributed by atoms with Crippen LogP contribution in [0.2, 0.25) is 0 Å². The van der Waals surface area contributed by atoms with Crippen LogP contribution in [0.15, 0.2) is 35.4 Å². The number of benzene rings is 1. The lowest BCUT2D eigenvalue weighted by molar-refractivity contribution is 0.602. The van der Waals surface area contributed by atoms with E-state index in [0.717, 1.165) is 11.3 Å². The molecule has 1 aromatic heterocycles. The van der Waals surface area contributed by atoms with E-state index in [1.807, 2.05) is 0 Å². The molecule has 102 valence electrons. The Kier molecular flexibility index (Phi) is 3.48.